The summed E-state index contributed by atoms with van der Waals surface area (Å²) in [5, 5.41) is 9.42. The maximum Gasteiger partial charge on any atom is 0.163 e. The van der Waals surface area contributed by atoms with Crippen molar-refractivity contribution in [3.05, 3.63) is 28.8 Å². The SMILES string of the molecule is CC(C)S(=O)(=O)Cc1c(O)ccc2c1CCCC2=O. The number of fused-ring (bicyclic) bond motifs is 1. The van der Waals surface area contributed by atoms with Gasteiger partial charge in [0, 0.05) is 17.5 Å². The van der Waals surface area contributed by atoms with Gasteiger partial charge >= 0.3 is 0 Å². The number of aromatic hydroxyl groups is 1. The highest BCUT2D eigenvalue weighted by Gasteiger charge is 2.26. The van der Waals surface area contributed by atoms with Gasteiger partial charge in [-0.1, -0.05) is 0 Å². The summed E-state index contributed by atoms with van der Waals surface area (Å²) >= 11 is 0. The molecule has 0 aromatic heterocycles. The second kappa shape index (κ2) is 4.96. The minimum absolute atomic E-state index is 0.0299. The summed E-state index contributed by atoms with van der Waals surface area (Å²) < 4.78 is 24.0. The molecule has 0 fully saturated rings. The van der Waals surface area contributed by atoms with E-state index in [-0.39, 0.29) is 17.3 Å². The van der Waals surface area contributed by atoms with Gasteiger partial charge in [-0.2, -0.15) is 0 Å². The zero-order chi connectivity index (χ0) is 14.2. The predicted molar refractivity (Wildman–Crippen MR) is 73.1 cm³/mol. The van der Waals surface area contributed by atoms with Crippen LogP contribution >= 0.6 is 0 Å². The van der Waals surface area contributed by atoms with E-state index < -0.39 is 15.1 Å². The average molecular weight is 282 g/mol. The van der Waals surface area contributed by atoms with E-state index in [1.54, 1.807) is 19.9 Å². The minimum Gasteiger partial charge on any atom is -0.508 e. The molecular weight excluding hydrogens is 264 g/mol. The molecule has 0 spiro atoms. The minimum atomic E-state index is -3.30. The maximum absolute atomic E-state index is 12.0. The van der Waals surface area contributed by atoms with Crippen molar-refractivity contribution >= 4 is 15.6 Å². The predicted octanol–water partition coefficient (Wildman–Crippen LogP) is 2.23. The number of ketones is 1. The summed E-state index contributed by atoms with van der Waals surface area (Å²) in [6.07, 6.45) is 1.86. The van der Waals surface area contributed by atoms with E-state index in [1.165, 1.54) is 6.07 Å². The number of sulfone groups is 1. The smallest absolute Gasteiger partial charge is 0.163 e. The number of carbonyl (C=O) groups excluding carboxylic acids is 1. The molecule has 1 aliphatic rings. The molecule has 0 amide bonds. The van der Waals surface area contributed by atoms with E-state index in [2.05, 4.69) is 0 Å². The first-order chi connectivity index (χ1) is 8.83. The van der Waals surface area contributed by atoms with E-state index in [0.717, 1.165) is 0 Å². The van der Waals surface area contributed by atoms with Gasteiger partial charge in [0.1, 0.15) is 5.75 Å². The van der Waals surface area contributed by atoms with Gasteiger partial charge in [-0.15, -0.1) is 0 Å². The fraction of sp³-hybridized carbons (Fsp3) is 0.500. The van der Waals surface area contributed by atoms with Crippen molar-refractivity contribution in [2.24, 2.45) is 0 Å². The van der Waals surface area contributed by atoms with Crippen LogP contribution in [0.5, 0.6) is 5.75 Å². The Hall–Kier alpha value is -1.36. The number of Topliss-reactive ketones (excluding diaryl/α,β-unsaturated/α-hetero) is 1. The normalized spacial score (nSPS) is 15.6. The lowest BCUT2D eigenvalue weighted by Crippen LogP contribution is -2.19. The fourth-order valence-corrected chi connectivity index (χ4v) is 3.37. The van der Waals surface area contributed by atoms with Gasteiger partial charge in [0.15, 0.2) is 15.6 Å². The van der Waals surface area contributed by atoms with Crippen LogP contribution < -0.4 is 0 Å². The molecule has 0 atom stereocenters. The third-order valence-electron chi connectivity index (χ3n) is 3.60. The summed E-state index contributed by atoms with van der Waals surface area (Å²) in [4.78, 5) is 11.8. The molecule has 0 heterocycles. The van der Waals surface area contributed by atoms with Crippen molar-refractivity contribution in [2.75, 3.05) is 0 Å². The van der Waals surface area contributed by atoms with Gasteiger partial charge in [-0.25, -0.2) is 8.42 Å². The zero-order valence-corrected chi connectivity index (χ0v) is 12.0. The van der Waals surface area contributed by atoms with Crippen LogP contribution in [0.1, 0.15) is 48.2 Å². The number of phenols is 1. The highest BCUT2D eigenvalue weighted by molar-refractivity contribution is 7.91. The standard InChI is InChI=1S/C14H18O4S/c1-9(2)19(17,18)8-12-10-4-3-5-13(15)11(10)6-7-14(12)16/h6-7,9,16H,3-5,8H2,1-2H3. The van der Waals surface area contributed by atoms with Crippen molar-refractivity contribution in [3.8, 4) is 5.75 Å². The van der Waals surface area contributed by atoms with Crippen LogP contribution in [-0.2, 0) is 22.0 Å². The molecule has 1 N–H and O–H groups in total. The van der Waals surface area contributed by atoms with Crippen LogP contribution in [-0.4, -0.2) is 24.6 Å². The highest BCUT2D eigenvalue weighted by atomic mass is 32.2. The molecular formula is C14H18O4S. The third kappa shape index (κ3) is 2.66. The van der Waals surface area contributed by atoms with E-state index in [4.69, 9.17) is 0 Å². The Morgan fingerprint density at radius 2 is 1.95 bits per heavy atom. The summed E-state index contributed by atoms with van der Waals surface area (Å²) in [5.74, 6) is -0.199. The third-order valence-corrected chi connectivity index (χ3v) is 5.73. The van der Waals surface area contributed by atoms with Crippen molar-refractivity contribution in [3.63, 3.8) is 0 Å². The highest BCUT2D eigenvalue weighted by Crippen LogP contribution is 2.32. The summed E-state index contributed by atoms with van der Waals surface area (Å²) in [7, 11) is -3.30. The Kier molecular flexibility index (Phi) is 3.67. The molecule has 5 heteroatoms. The molecule has 0 radical (unpaired) electrons. The number of carbonyl (C=O) groups is 1. The maximum atomic E-state index is 12.0. The van der Waals surface area contributed by atoms with E-state index in [1.807, 2.05) is 0 Å². The molecule has 0 saturated heterocycles. The number of hydrogen-bond donors (Lipinski definition) is 1. The Morgan fingerprint density at radius 1 is 1.26 bits per heavy atom. The first-order valence-electron chi connectivity index (χ1n) is 6.41. The van der Waals surface area contributed by atoms with Gasteiger partial charge in [-0.05, 0) is 44.4 Å². The summed E-state index contributed by atoms with van der Waals surface area (Å²) in [5.41, 5.74) is 1.68. The molecule has 2 rings (SSSR count). The van der Waals surface area contributed by atoms with Crippen molar-refractivity contribution in [2.45, 2.75) is 44.1 Å². The van der Waals surface area contributed by atoms with Gasteiger partial charge in [0.05, 0.1) is 11.0 Å². The average Bonchev–Trinajstić information content (AvgIpc) is 2.33. The molecule has 0 unspecified atom stereocenters. The quantitative estimate of drug-likeness (QED) is 0.923. The van der Waals surface area contributed by atoms with Crippen molar-refractivity contribution in [1.82, 2.24) is 0 Å². The second-order valence-corrected chi connectivity index (χ2v) is 7.78. The monoisotopic (exact) mass is 282 g/mol. The van der Waals surface area contributed by atoms with Crippen LogP contribution in [0.25, 0.3) is 0 Å². The number of phenolic OH excluding ortho intramolecular Hbond substituents is 1. The van der Waals surface area contributed by atoms with Gasteiger partial charge in [-0.3, -0.25) is 4.79 Å². The Morgan fingerprint density at radius 3 is 2.58 bits per heavy atom. The Labute approximate surface area is 113 Å². The Balaban J connectivity index is 2.52. The van der Waals surface area contributed by atoms with E-state index in [0.29, 0.717) is 36.0 Å². The van der Waals surface area contributed by atoms with E-state index >= 15 is 0 Å². The molecule has 4 nitrogen and oxygen atoms in total. The Bertz CT molecular complexity index is 615. The first-order valence-corrected chi connectivity index (χ1v) is 8.13. The summed E-state index contributed by atoms with van der Waals surface area (Å²) in [6, 6.07) is 3.02. The van der Waals surface area contributed by atoms with Crippen LogP contribution in [0, 0.1) is 0 Å². The van der Waals surface area contributed by atoms with Gasteiger partial charge in [0.2, 0.25) is 0 Å². The van der Waals surface area contributed by atoms with E-state index in [9.17, 15) is 18.3 Å². The number of rotatable bonds is 3. The zero-order valence-electron chi connectivity index (χ0n) is 11.1. The molecule has 1 aliphatic carbocycles. The van der Waals surface area contributed by atoms with Gasteiger partial charge in [0.25, 0.3) is 0 Å². The molecule has 0 bridgehead atoms. The molecule has 1 aromatic rings. The largest absolute Gasteiger partial charge is 0.508 e. The second-order valence-electron chi connectivity index (χ2n) is 5.22. The van der Waals surface area contributed by atoms with Crippen LogP contribution in [0.15, 0.2) is 12.1 Å². The molecule has 0 aliphatic heterocycles. The molecule has 19 heavy (non-hydrogen) atoms. The van der Waals surface area contributed by atoms with Gasteiger partial charge < -0.3 is 5.11 Å². The number of benzene rings is 1. The summed E-state index contributed by atoms with van der Waals surface area (Å²) in [6.45, 7) is 3.24. The molecule has 1 aromatic carbocycles. The lowest BCUT2D eigenvalue weighted by Gasteiger charge is -2.20. The fourth-order valence-electron chi connectivity index (χ4n) is 2.32. The molecule has 0 saturated carbocycles. The molecule has 104 valence electrons. The number of hydrogen-bond acceptors (Lipinski definition) is 4. The topological polar surface area (TPSA) is 71.4 Å². The lowest BCUT2D eigenvalue weighted by atomic mass is 9.87. The van der Waals surface area contributed by atoms with Crippen molar-refractivity contribution < 1.29 is 18.3 Å². The van der Waals surface area contributed by atoms with Crippen LogP contribution in [0.3, 0.4) is 0 Å². The lowest BCUT2D eigenvalue weighted by molar-refractivity contribution is 0.0972. The van der Waals surface area contributed by atoms with Crippen molar-refractivity contribution in [1.29, 1.82) is 0 Å². The first kappa shape index (κ1) is 14.1. The van der Waals surface area contributed by atoms with Crippen LogP contribution in [0.4, 0.5) is 0 Å². The van der Waals surface area contributed by atoms with Crippen LogP contribution in [0.2, 0.25) is 0 Å².